The van der Waals surface area contributed by atoms with Crippen LogP contribution in [-0.4, -0.2) is 57.3 Å². The SMILES string of the molecule is CCN(CC)CCOC(=O)c1ccc(N[C@@H]2OC(=O)c3c2ccc(OC)c3OC)cc1. The third kappa shape index (κ3) is 4.91. The number of likely N-dealkylation sites (N-methyl/N-ethyl adjacent to an activating group) is 1. The molecule has 3 rings (SSSR count). The molecule has 31 heavy (non-hydrogen) atoms. The number of hydrogen-bond donors (Lipinski definition) is 1. The number of anilines is 1. The predicted octanol–water partition coefficient (Wildman–Crippen LogP) is 3.48. The minimum absolute atomic E-state index is 0.341. The van der Waals surface area contributed by atoms with Gasteiger partial charge in [-0.15, -0.1) is 0 Å². The Labute approximate surface area is 182 Å². The molecule has 0 aliphatic carbocycles. The minimum Gasteiger partial charge on any atom is -0.493 e. The fourth-order valence-corrected chi connectivity index (χ4v) is 3.45. The van der Waals surface area contributed by atoms with Gasteiger partial charge in [0.15, 0.2) is 11.5 Å². The van der Waals surface area contributed by atoms with E-state index >= 15 is 0 Å². The van der Waals surface area contributed by atoms with E-state index in [1.807, 2.05) is 0 Å². The number of methoxy groups -OCH3 is 2. The van der Waals surface area contributed by atoms with Gasteiger partial charge in [0.1, 0.15) is 12.2 Å². The summed E-state index contributed by atoms with van der Waals surface area (Å²) >= 11 is 0. The molecule has 0 bridgehead atoms. The Balaban J connectivity index is 1.65. The van der Waals surface area contributed by atoms with Gasteiger partial charge in [0.2, 0.25) is 6.23 Å². The molecule has 1 heterocycles. The molecule has 1 atom stereocenters. The second-order valence-corrected chi connectivity index (χ2v) is 6.94. The molecule has 0 radical (unpaired) electrons. The van der Waals surface area contributed by atoms with Crippen molar-refractivity contribution in [3.8, 4) is 11.5 Å². The van der Waals surface area contributed by atoms with Crippen molar-refractivity contribution in [1.82, 2.24) is 4.90 Å². The smallest absolute Gasteiger partial charge is 0.344 e. The summed E-state index contributed by atoms with van der Waals surface area (Å²) in [7, 11) is 2.99. The van der Waals surface area contributed by atoms with Gasteiger partial charge in [0.05, 0.1) is 19.8 Å². The topological polar surface area (TPSA) is 86.3 Å². The number of hydrogen-bond acceptors (Lipinski definition) is 8. The van der Waals surface area contributed by atoms with Gasteiger partial charge in [0.25, 0.3) is 0 Å². The minimum atomic E-state index is -0.672. The van der Waals surface area contributed by atoms with Crippen LogP contribution in [0.15, 0.2) is 36.4 Å². The number of esters is 2. The molecule has 2 aromatic carbocycles. The maximum Gasteiger partial charge on any atom is 0.344 e. The van der Waals surface area contributed by atoms with Crippen molar-refractivity contribution in [3.63, 3.8) is 0 Å². The van der Waals surface area contributed by atoms with Crippen LogP contribution in [0.1, 0.15) is 46.4 Å². The molecule has 0 saturated heterocycles. The number of nitrogens with zero attached hydrogens (tertiary/aromatic N) is 1. The summed E-state index contributed by atoms with van der Waals surface area (Å²) in [5.41, 5.74) is 2.15. The third-order valence-corrected chi connectivity index (χ3v) is 5.24. The molecule has 1 aliphatic heterocycles. The molecule has 8 nitrogen and oxygen atoms in total. The van der Waals surface area contributed by atoms with E-state index in [9.17, 15) is 9.59 Å². The summed E-state index contributed by atoms with van der Waals surface area (Å²) in [6.07, 6.45) is -0.672. The lowest BCUT2D eigenvalue weighted by atomic mass is 10.1. The zero-order valence-electron chi connectivity index (χ0n) is 18.3. The van der Waals surface area contributed by atoms with Crippen LogP contribution in [0, 0.1) is 0 Å². The summed E-state index contributed by atoms with van der Waals surface area (Å²) < 4.78 is 21.4. The zero-order valence-corrected chi connectivity index (χ0v) is 18.3. The molecule has 1 N–H and O–H groups in total. The second kappa shape index (κ2) is 10.2. The average Bonchev–Trinajstić information content (AvgIpc) is 3.11. The van der Waals surface area contributed by atoms with Crippen LogP contribution in [0.25, 0.3) is 0 Å². The molecular formula is C23H28N2O6. The average molecular weight is 428 g/mol. The molecule has 1 aliphatic rings. The predicted molar refractivity (Wildman–Crippen MR) is 116 cm³/mol. The molecule has 0 spiro atoms. The highest BCUT2D eigenvalue weighted by molar-refractivity contribution is 5.98. The van der Waals surface area contributed by atoms with Crippen molar-refractivity contribution in [2.24, 2.45) is 0 Å². The van der Waals surface area contributed by atoms with E-state index in [-0.39, 0.29) is 5.97 Å². The Morgan fingerprint density at radius 1 is 1.06 bits per heavy atom. The Hall–Kier alpha value is -3.26. The quantitative estimate of drug-likeness (QED) is 0.576. The molecule has 0 saturated carbocycles. The third-order valence-electron chi connectivity index (χ3n) is 5.24. The molecule has 2 aromatic rings. The van der Waals surface area contributed by atoms with Gasteiger partial charge in [-0.1, -0.05) is 13.8 Å². The van der Waals surface area contributed by atoms with Crippen molar-refractivity contribution >= 4 is 17.6 Å². The summed E-state index contributed by atoms with van der Waals surface area (Å²) in [6.45, 7) is 7.04. The maximum absolute atomic E-state index is 12.4. The van der Waals surface area contributed by atoms with E-state index in [0.717, 1.165) is 13.1 Å². The van der Waals surface area contributed by atoms with Gasteiger partial charge in [-0.05, 0) is 49.5 Å². The standard InChI is InChI=1S/C23H28N2O6/c1-5-25(6-2)13-14-30-22(26)15-7-9-16(10-8-15)24-21-17-11-12-18(28-3)20(29-4)19(17)23(27)31-21/h7-12,21,24H,5-6,13-14H2,1-4H3/t21-/m1/s1. The van der Waals surface area contributed by atoms with Gasteiger partial charge in [0, 0.05) is 17.8 Å². The molecule has 166 valence electrons. The van der Waals surface area contributed by atoms with Gasteiger partial charge in [-0.2, -0.15) is 0 Å². The summed E-state index contributed by atoms with van der Waals surface area (Å²) in [5, 5.41) is 3.16. The van der Waals surface area contributed by atoms with Crippen molar-refractivity contribution in [1.29, 1.82) is 0 Å². The lowest BCUT2D eigenvalue weighted by Crippen LogP contribution is -2.27. The van der Waals surface area contributed by atoms with E-state index in [1.165, 1.54) is 14.2 Å². The number of ether oxygens (including phenoxy) is 4. The fraction of sp³-hybridized carbons (Fsp3) is 0.391. The van der Waals surface area contributed by atoms with Gasteiger partial charge >= 0.3 is 11.9 Å². The molecule has 0 fully saturated rings. The summed E-state index contributed by atoms with van der Waals surface area (Å²) in [5.74, 6) is -0.0513. The largest absolute Gasteiger partial charge is 0.493 e. The first-order valence-corrected chi connectivity index (χ1v) is 10.2. The fourth-order valence-electron chi connectivity index (χ4n) is 3.45. The van der Waals surface area contributed by atoms with Crippen LogP contribution in [0.2, 0.25) is 0 Å². The van der Waals surface area contributed by atoms with E-state index in [2.05, 4.69) is 24.1 Å². The second-order valence-electron chi connectivity index (χ2n) is 6.94. The lowest BCUT2D eigenvalue weighted by molar-refractivity contribution is 0.0433. The highest BCUT2D eigenvalue weighted by Crippen LogP contribution is 2.42. The van der Waals surface area contributed by atoms with Crippen molar-refractivity contribution < 1.29 is 28.5 Å². The zero-order chi connectivity index (χ0) is 22.4. The van der Waals surface area contributed by atoms with Crippen molar-refractivity contribution in [2.45, 2.75) is 20.1 Å². The van der Waals surface area contributed by atoms with Gasteiger partial charge < -0.3 is 29.2 Å². The Kier molecular flexibility index (Phi) is 7.36. The first-order valence-electron chi connectivity index (χ1n) is 10.2. The van der Waals surface area contributed by atoms with Gasteiger partial charge in [-0.3, -0.25) is 0 Å². The van der Waals surface area contributed by atoms with Crippen LogP contribution in [0.5, 0.6) is 11.5 Å². The van der Waals surface area contributed by atoms with E-state index in [0.29, 0.717) is 47.0 Å². The lowest BCUT2D eigenvalue weighted by Gasteiger charge is -2.17. The Morgan fingerprint density at radius 3 is 2.39 bits per heavy atom. The Bertz CT molecular complexity index is 924. The van der Waals surface area contributed by atoms with Crippen LogP contribution in [0.4, 0.5) is 5.69 Å². The number of carbonyl (C=O) groups excluding carboxylic acids is 2. The van der Waals surface area contributed by atoms with Crippen molar-refractivity contribution in [3.05, 3.63) is 53.1 Å². The highest BCUT2D eigenvalue weighted by atomic mass is 16.6. The number of benzene rings is 2. The number of nitrogens with one attached hydrogen (secondary N) is 1. The van der Waals surface area contributed by atoms with Crippen LogP contribution in [0.3, 0.4) is 0 Å². The summed E-state index contributed by atoms with van der Waals surface area (Å²) in [4.78, 5) is 26.8. The monoisotopic (exact) mass is 428 g/mol. The Morgan fingerprint density at radius 2 is 1.77 bits per heavy atom. The molecule has 0 aromatic heterocycles. The number of cyclic esters (lactones) is 1. The van der Waals surface area contributed by atoms with E-state index in [4.69, 9.17) is 18.9 Å². The number of carbonyl (C=O) groups is 2. The van der Waals surface area contributed by atoms with Crippen LogP contribution >= 0.6 is 0 Å². The van der Waals surface area contributed by atoms with E-state index in [1.54, 1.807) is 36.4 Å². The molecular weight excluding hydrogens is 400 g/mol. The maximum atomic E-state index is 12.4. The normalized spacial score (nSPS) is 14.7. The van der Waals surface area contributed by atoms with Crippen LogP contribution < -0.4 is 14.8 Å². The van der Waals surface area contributed by atoms with Crippen LogP contribution in [-0.2, 0) is 9.47 Å². The number of rotatable bonds is 10. The summed E-state index contributed by atoms with van der Waals surface area (Å²) in [6, 6.07) is 10.3. The molecule has 0 amide bonds. The van der Waals surface area contributed by atoms with Gasteiger partial charge in [-0.25, -0.2) is 9.59 Å². The number of fused-ring (bicyclic) bond motifs is 1. The van der Waals surface area contributed by atoms with Crippen molar-refractivity contribution in [2.75, 3.05) is 45.8 Å². The van der Waals surface area contributed by atoms with E-state index < -0.39 is 12.2 Å². The highest BCUT2D eigenvalue weighted by Gasteiger charge is 2.35. The first-order chi connectivity index (χ1) is 15.0. The molecule has 8 heteroatoms. The first kappa shape index (κ1) is 22.4. The molecule has 0 unspecified atom stereocenters.